The van der Waals surface area contributed by atoms with Crippen molar-refractivity contribution in [3.63, 3.8) is 0 Å². The molecule has 0 radical (unpaired) electrons. The second kappa shape index (κ2) is 9.24. The van der Waals surface area contributed by atoms with Crippen LogP contribution in [0.1, 0.15) is 29.3 Å². The number of para-hydroxylation sites is 2. The number of aromatic nitrogens is 2. The van der Waals surface area contributed by atoms with Gasteiger partial charge in [0.15, 0.2) is 5.11 Å². The number of fused-ring (bicyclic) bond motifs is 1. The third-order valence-electron chi connectivity index (χ3n) is 5.57. The van der Waals surface area contributed by atoms with Crippen molar-refractivity contribution >= 4 is 34.1 Å². The Hall–Kier alpha value is -3.64. The minimum absolute atomic E-state index is 0.0981. The molecular formula is C26H23N5S. The van der Waals surface area contributed by atoms with E-state index in [0.29, 0.717) is 5.11 Å². The third kappa shape index (κ3) is 4.36. The summed E-state index contributed by atoms with van der Waals surface area (Å²) in [4.78, 5) is 9.50. The van der Waals surface area contributed by atoms with Crippen molar-refractivity contribution in [3.8, 4) is 0 Å². The fourth-order valence-corrected chi connectivity index (χ4v) is 4.17. The molecule has 3 aromatic carbocycles. The Kier molecular flexibility index (Phi) is 5.85. The SMILES string of the molecule is S=C(NCCc1ccccc1)N1N=C(c2ccccc2)C[C@@H]1c1cnc2ccccc2n1. The highest BCUT2D eigenvalue weighted by Gasteiger charge is 2.32. The first kappa shape index (κ1) is 20.3. The van der Waals surface area contributed by atoms with Gasteiger partial charge >= 0.3 is 0 Å². The molecule has 0 bridgehead atoms. The van der Waals surface area contributed by atoms with Crippen LogP contribution in [-0.4, -0.2) is 32.3 Å². The molecule has 0 amide bonds. The van der Waals surface area contributed by atoms with Crippen LogP contribution in [0.4, 0.5) is 0 Å². The quantitative estimate of drug-likeness (QED) is 0.450. The van der Waals surface area contributed by atoms with E-state index in [0.717, 1.165) is 47.4 Å². The molecule has 0 spiro atoms. The van der Waals surface area contributed by atoms with Crippen LogP contribution in [0, 0.1) is 0 Å². The molecule has 6 heteroatoms. The summed E-state index contributed by atoms with van der Waals surface area (Å²) in [6.07, 6.45) is 3.46. The summed E-state index contributed by atoms with van der Waals surface area (Å²) in [5.41, 5.74) is 5.99. The first-order valence-electron chi connectivity index (χ1n) is 10.7. The molecule has 5 nitrogen and oxygen atoms in total. The van der Waals surface area contributed by atoms with Crippen molar-refractivity contribution < 1.29 is 0 Å². The number of rotatable bonds is 5. The number of nitrogens with zero attached hydrogens (tertiary/aromatic N) is 4. The van der Waals surface area contributed by atoms with Gasteiger partial charge in [-0.1, -0.05) is 72.8 Å². The minimum atomic E-state index is -0.0981. The molecule has 0 fully saturated rings. The standard InChI is InChI=1S/C26H23N5S/c32-26(27-16-15-19-9-3-1-4-10-19)31-25(17-23(30-31)20-11-5-2-6-12-20)24-18-28-21-13-7-8-14-22(21)29-24/h1-14,18,25H,15-17H2,(H,27,32)/t25-/m1/s1. The summed E-state index contributed by atoms with van der Waals surface area (Å²) in [6.45, 7) is 0.742. The number of nitrogens with one attached hydrogen (secondary N) is 1. The largest absolute Gasteiger partial charge is 0.361 e. The molecule has 32 heavy (non-hydrogen) atoms. The van der Waals surface area contributed by atoms with Gasteiger partial charge in [-0.3, -0.25) is 4.98 Å². The summed E-state index contributed by atoms with van der Waals surface area (Å²) in [5.74, 6) is 0. The maximum Gasteiger partial charge on any atom is 0.190 e. The van der Waals surface area contributed by atoms with Crippen LogP contribution in [0.2, 0.25) is 0 Å². The predicted molar refractivity (Wildman–Crippen MR) is 132 cm³/mol. The Morgan fingerprint density at radius 2 is 1.59 bits per heavy atom. The topological polar surface area (TPSA) is 53.4 Å². The first-order chi connectivity index (χ1) is 15.8. The molecule has 4 aromatic rings. The zero-order chi connectivity index (χ0) is 21.8. The molecule has 0 unspecified atom stereocenters. The van der Waals surface area contributed by atoms with E-state index in [1.165, 1.54) is 5.56 Å². The van der Waals surface area contributed by atoms with E-state index in [-0.39, 0.29) is 6.04 Å². The van der Waals surface area contributed by atoms with Crippen molar-refractivity contribution in [2.24, 2.45) is 5.10 Å². The van der Waals surface area contributed by atoms with Gasteiger partial charge in [-0.25, -0.2) is 9.99 Å². The van der Waals surface area contributed by atoms with Crippen LogP contribution in [0.3, 0.4) is 0 Å². The average Bonchev–Trinajstić information content (AvgIpc) is 3.31. The number of hydrogen-bond acceptors (Lipinski definition) is 4. The molecule has 0 aliphatic carbocycles. The first-order valence-corrected chi connectivity index (χ1v) is 11.1. The zero-order valence-electron chi connectivity index (χ0n) is 17.6. The summed E-state index contributed by atoms with van der Waals surface area (Å²) in [5, 5.41) is 10.8. The Morgan fingerprint density at radius 1 is 0.906 bits per heavy atom. The third-order valence-corrected chi connectivity index (χ3v) is 5.90. The molecule has 0 saturated heterocycles. The van der Waals surface area contributed by atoms with Gasteiger partial charge < -0.3 is 5.32 Å². The van der Waals surface area contributed by atoms with E-state index in [9.17, 15) is 0 Å². The molecule has 1 aliphatic heterocycles. The van der Waals surface area contributed by atoms with E-state index in [1.54, 1.807) is 0 Å². The monoisotopic (exact) mass is 437 g/mol. The lowest BCUT2D eigenvalue weighted by Gasteiger charge is -2.24. The highest BCUT2D eigenvalue weighted by molar-refractivity contribution is 7.80. The van der Waals surface area contributed by atoms with Crippen LogP contribution < -0.4 is 5.32 Å². The van der Waals surface area contributed by atoms with Crippen LogP contribution >= 0.6 is 12.2 Å². The van der Waals surface area contributed by atoms with Gasteiger partial charge in [-0.15, -0.1) is 0 Å². The van der Waals surface area contributed by atoms with Crippen molar-refractivity contribution in [1.29, 1.82) is 0 Å². The number of hydrogen-bond donors (Lipinski definition) is 1. The van der Waals surface area contributed by atoms with Crippen molar-refractivity contribution in [2.75, 3.05) is 6.54 Å². The van der Waals surface area contributed by atoms with Crippen LogP contribution in [0.15, 0.2) is 96.2 Å². The molecule has 0 saturated carbocycles. The molecule has 2 heterocycles. The lowest BCUT2D eigenvalue weighted by Crippen LogP contribution is -2.38. The highest BCUT2D eigenvalue weighted by atomic mass is 32.1. The second-order valence-electron chi connectivity index (χ2n) is 7.73. The fraction of sp³-hybridized carbons (Fsp3) is 0.154. The van der Waals surface area contributed by atoms with E-state index in [4.69, 9.17) is 22.3 Å². The maximum atomic E-state index is 5.76. The molecule has 158 valence electrons. The molecule has 1 aliphatic rings. The smallest absolute Gasteiger partial charge is 0.190 e. The predicted octanol–water partition coefficient (Wildman–Crippen LogP) is 4.90. The molecular weight excluding hydrogens is 414 g/mol. The second-order valence-corrected chi connectivity index (χ2v) is 8.12. The molecule has 5 rings (SSSR count). The Balaban J connectivity index is 1.39. The summed E-state index contributed by atoms with van der Waals surface area (Å²) >= 11 is 5.76. The van der Waals surface area contributed by atoms with Crippen molar-refractivity contribution in [2.45, 2.75) is 18.9 Å². The summed E-state index contributed by atoms with van der Waals surface area (Å²) in [7, 11) is 0. The van der Waals surface area contributed by atoms with E-state index in [2.05, 4.69) is 46.7 Å². The van der Waals surface area contributed by atoms with E-state index >= 15 is 0 Å². The number of thiocarbonyl (C=S) groups is 1. The lowest BCUT2D eigenvalue weighted by molar-refractivity contribution is 0.357. The normalized spacial score (nSPS) is 15.6. The molecule has 1 atom stereocenters. The summed E-state index contributed by atoms with van der Waals surface area (Å²) in [6, 6.07) is 28.4. The fourth-order valence-electron chi connectivity index (χ4n) is 3.90. The molecule has 1 N–H and O–H groups in total. The number of benzene rings is 3. The molecule has 1 aromatic heterocycles. The van der Waals surface area contributed by atoms with Gasteiger partial charge in [0, 0.05) is 13.0 Å². The van der Waals surface area contributed by atoms with Gasteiger partial charge in [-0.05, 0) is 41.9 Å². The highest BCUT2D eigenvalue weighted by Crippen LogP contribution is 2.32. The van der Waals surface area contributed by atoms with Gasteiger partial charge in [0.25, 0.3) is 0 Å². The number of hydrazone groups is 1. The lowest BCUT2D eigenvalue weighted by atomic mass is 10.0. The van der Waals surface area contributed by atoms with Crippen molar-refractivity contribution in [1.82, 2.24) is 20.3 Å². The Labute approximate surface area is 192 Å². The van der Waals surface area contributed by atoms with Gasteiger partial charge in [0.1, 0.15) is 6.04 Å². The summed E-state index contributed by atoms with van der Waals surface area (Å²) < 4.78 is 0. The zero-order valence-corrected chi connectivity index (χ0v) is 18.4. The van der Waals surface area contributed by atoms with E-state index in [1.807, 2.05) is 59.7 Å². The van der Waals surface area contributed by atoms with E-state index < -0.39 is 0 Å². The van der Waals surface area contributed by atoms with Crippen LogP contribution in [0.5, 0.6) is 0 Å². The average molecular weight is 438 g/mol. The van der Waals surface area contributed by atoms with Crippen LogP contribution in [0.25, 0.3) is 11.0 Å². The minimum Gasteiger partial charge on any atom is -0.361 e. The Bertz CT molecular complexity index is 1260. The van der Waals surface area contributed by atoms with Crippen LogP contribution in [-0.2, 0) is 6.42 Å². The Morgan fingerprint density at radius 3 is 2.38 bits per heavy atom. The van der Waals surface area contributed by atoms with Crippen molar-refractivity contribution in [3.05, 3.63) is 108 Å². The van der Waals surface area contributed by atoms with Gasteiger partial charge in [-0.2, -0.15) is 5.10 Å². The maximum absolute atomic E-state index is 5.76. The van der Waals surface area contributed by atoms with Gasteiger partial charge in [0.2, 0.25) is 0 Å². The van der Waals surface area contributed by atoms with Gasteiger partial charge in [0.05, 0.1) is 28.6 Å².